The van der Waals surface area contributed by atoms with Crippen LogP contribution in [0.2, 0.25) is 0 Å². The van der Waals surface area contributed by atoms with Crippen molar-refractivity contribution in [2.75, 3.05) is 11.9 Å². The van der Waals surface area contributed by atoms with Gasteiger partial charge in [0.2, 0.25) is 0 Å². The maximum absolute atomic E-state index is 13.3. The molecular formula is C23H26FN3O2S. The molecule has 158 valence electrons. The monoisotopic (exact) mass is 427 g/mol. The lowest BCUT2D eigenvalue weighted by molar-refractivity contribution is 0.161. The number of ether oxygens (including phenoxy) is 1. The molecule has 30 heavy (non-hydrogen) atoms. The van der Waals surface area contributed by atoms with Crippen LogP contribution >= 0.6 is 11.8 Å². The summed E-state index contributed by atoms with van der Waals surface area (Å²) in [6.07, 6.45) is 6.37. The van der Waals surface area contributed by atoms with Crippen molar-refractivity contribution < 1.29 is 13.9 Å². The third kappa shape index (κ3) is 4.95. The van der Waals surface area contributed by atoms with Gasteiger partial charge in [0.05, 0.1) is 23.3 Å². The summed E-state index contributed by atoms with van der Waals surface area (Å²) in [5.41, 5.74) is 2.41. The van der Waals surface area contributed by atoms with Crippen molar-refractivity contribution in [3.63, 3.8) is 0 Å². The highest BCUT2D eigenvalue weighted by Gasteiger charge is 2.20. The van der Waals surface area contributed by atoms with E-state index < -0.39 is 6.09 Å². The Morgan fingerprint density at radius 3 is 2.73 bits per heavy atom. The van der Waals surface area contributed by atoms with Gasteiger partial charge in [0, 0.05) is 15.7 Å². The Bertz CT molecular complexity index is 1010. The van der Waals surface area contributed by atoms with E-state index in [0.29, 0.717) is 18.2 Å². The van der Waals surface area contributed by atoms with Crippen molar-refractivity contribution in [3.05, 3.63) is 48.0 Å². The molecule has 1 heterocycles. The highest BCUT2D eigenvalue weighted by atomic mass is 32.2. The van der Waals surface area contributed by atoms with Crippen molar-refractivity contribution in [1.82, 2.24) is 9.97 Å². The van der Waals surface area contributed by atoms with Gasteiger partial charge in [0.25, 0.3) is 0 Å². The van der Waals surface area contributed by atoms with Crippen molar-refractivity contribution in [3.8, 4) is 0 Å². The first-order chi connectivity index (χ1) is 14.6. The molecule has 1 aliphatic rings. The van der Waals surface area contributed by atoms with Crippen LogP contribution in [0.25, 0.3) is 11.0 Å². The number of halogens is 1. The topological polar surface area (TPSA) is 67.0 Å². The standard InChI is InChI=1S/C23H26FN3O2S/c1-2-12-29-23(28)27-20-13-18-19(26-22(25-18)15-6-4-3-5-7-15)14-21(20)30-17-10-8-16(24)9-11-17/h8-11,13-15H,2-7,12H2,1H3,(H,25,26)(H,27,28). The van der Waals surface area contributed by atoms with Crippen LogP contribution in [0.4, 0.5) is 14.9 Å². The number of hydrogen-bond acceptors (Lipinski definition) is 4. The largest absolute Gasteiger partial charge is 0.449 e. The summed E-state index contributed by atoms with van der Waals surface area (Å²) in [6, 6.07) is 10.2. The molecule has 2 N–H and O–H groups in total. The molecule has 3 aromatic rings. The summed E-state index contributed by atoms with van der Waals surface area (Å²) >= 11 is 1.46. The van der Waals surface area contributed by atoms with Gasteiger partial charge in [-0.3, -0.25) is 5.32 Å². The zero-order valence-corrected chi connectivity index (χ0v) is 17.9. The lowest BCUT2D eigenvalue weighted by Crippen LogP contribution is -2.14. The van der Waals surface area contributed by atoms with E-state index in [2.05, 4.69) is 10.3 Å². The lowest BCUT2D eigenvalue weighted by atomic mass is 9.89. The highest BCUT2D eigenvalue weighted by Crippen LogP contribution is 2.38. The number of aromatic amines is 1. The van der Waals surface area contributed by atoms with Gasteiger partial charge >= 0.3 is 6.09 Å². The number of hydrogen-bond donors (Lipinski definition) is 2. The average Bonchev–Trinajstić information content (AvgIpc) is 3.17. The maximum Gasteiger partial charge on any atom is 0.411 e. The number of nitrogens with zero attached hydrogens (tertiary/aromatic N) is 1. The van der Waals surface area contributed by atoms with E-state index in [1.807, 2.05) is 19.1 Å². The summed E-state index contributed by atoms with van der Waals surface area (Å²) in [6.45, 7) is 2.32. The molecule has 1 aliphatic carbocycles. The first kappa shape index (κ1) is 20.7. The zero-order chi connectivity index (χ0) is 20.9. The zero-order valence-electron chi connectivity index (χ0n) is 17.0. The van der Waals surface area contributed by atoms with E-state index in [9.17, 15) is 9.18 Å². The number of H-pyrrole nitrogens is 1. The van der Waals surface area contributed by atoms with E-state index in [1.54, 1.807) is 12.1 Å². The molecule has 0 saturated heterocycles. The quantitative estimate of drug-likeness (QED) is 0.451. The fourth-order valence-corrected chi connectivity index (χ4v) is 4.70. The van der Waals surface area contributed by atoms with Gasteiger partial charge < -0.3 is 9.72 Å². The number of rotatable bonds is 6. The second-order valence-corrected chi connectivity index (χ2v) is 8.75. The first-order valence-electron chi connectivity index (χ1n) is 10.5. The molecule has 0 atom stereocenters. The van der Waals surface area contributed by atoms with Crippen LogP contribution in [-0.4, -0.2) is 22.7 Å². The number of benzene rings is 2. The summed E-state index contributed by atoms with van der Waals surface area (Å²) < 4.78 is 18.5. The molecule has 7 heteroatoms. The van der Waals surface area contributed by atoms with E-state index in [-0.39, 0.29) is 5.82 Å². The second kappa shape index (κ2) is 9.51. The minimum atomic E-state index is -0.482. The fraction of sp³-hybridized carbons (Fsp3) is 0.391. The molecule has 0 spiro atoms. The van der Waals surface area contributed by atoms with E-state index in [4.69, 9.17) is 9.72 Å². The van der Waals surface area contributed by atoms with Gasteiger partial charge in [-0.2, -0.15) is 0 Å². The summed E-state index contributed by atoms with van der Waals surface area (Å²) in [5.74, 6) is 1.21. The maximum atomic E-state index is 13.3. The van der Waals surface area contributed by atoms with Gasteiger partial charge in [-0.1, -0.05) is 37.9 Å². The molecule has 1 aromatic heterocycles. The van der Waals surface area contributed by atoms with Crippen LogP contribution in [-0.2, 0) is 4.74 Å². The van der Waals surface area contributed by atoms with Crippen molar-refractivity contribution in [2.24, 2.45) is 0 Å². The molecule has 4 rings (SSSR count). The van der Waals surface area contributed by atoms with Crippen LogP contribution in [0.3, 0.4) is 0 Å². The Morgan fingerprint density at radius 2 is 2.00 bits per heavy atom. The summed E-state index contributed by atoms with van der Waals surface area (Å²) in [5, 5.41) is 2.85. The van der Waals surface area contributed by atoms with Crippen LogP contribution in [0.15, 0.2) is 46.2 Å². The Hall–Kier alpha value is -2.54. The number of nitrogens with one attached hydrogen (secondary N) is 2. The molecular weight excluding hydrogens is 401 g/mol. The SMILES string of the molecule is CCCOC(=O)Nc1cc2[nH]c(C3CCCCC3)nc2cc1Sc1ccc(F)cc1. The number of fused-ring (bicyclic) bond motifs is 1. The molecule has 5 nitrogen and oxygen atoms in total. The van der Waals surface area contributed by atoms with Crippen LogP contribution in [0.1, 0.15) is 57.2 Å². The predicted octanol–water partition coefficient (Wildman–Crippen LogP) is 6.86. The van der Waals surface area contributed by atoms with E-state index in [0.717, 1.165) is 45.9 Å². The number of amides is 1. The smallest absolute Gasteiger partial charge is 0.411 e. The molecule has 0 bridgehead atoms. The Balaban J connectivity index is 1.66. The van der Waals surface area contributed by atoms with Crippen molar-refractivity contribution in [1.29, 1.82) is 0 Å². The molecule has 0 aliphatic heterocycles. The van der Waals surface area contributed by atoms with Gasteiger partial charge in [0.1, 0.15) is 11.6 Å². The van der Waals surface area contributed by atoms with E-state index >= 15 is 0 Å². The molecule has 2 aromatic carbocycles. The van der Waals surface area contributed by atoms with Crippen LogP contribution in [0.5, 0.6) is 0 Å². The molecule has 1 amide bonds. The minimum absolute atomic E-state index is 0.277. The summed E-state index contributed by atoms with van der Waals surface area (Å²) in [4.78, 5) is 22.2. The third-order valence-electron chi connectivity index (χ3n) is 5.31. The summed E-state index contributed by atoms with van der Waals surface area (Å²) in [7, 11) is 0. The van der Waals surface area contributed by atoms with Crippen molar-refractivity contribution in [2.45, 2.75) is 61.2 Å². The van der Waals surface area contributed by atoms with Crippen LogP contribution < -0.4 is 5.32 Å². The fourth-order valence-electron chi connectivity index (χ4n) is 3.78. The molecule has 1 saturated carbocycles. The number of anilines is 1. The average molecular weight is 428 g/mol. The molecule has 0 unspecified atom stereocenters. The number of carbonyl (C=O) groups is 1. The van der Waals surface area contributed by atoms with Crippen LogP contribution in [0, 0.1) is 5.82 Å². The van der Waals surface area contributed by atoms with Gasteiger partial charge in [-0.05, 0) is 55.7 Å². The minimum Gasteiger partial charge on any atom is -0.449 e. The number of imidazole rings is 1. The Kier molecular flexibility index (Phi) is 6.57. The second-order valence-electron chi connectivity index (χ2n) is 7.64. The normalized spacial score (nSPS) is 14.7. The number of aromatic nitrogens is 2. The van der Waals surface area contributed by atoms with E-state index in [1.165, 1.54) is 43.2 Å². The third-order valence-corrected chi connectivity index (χ3v) is 6.37. The molecule has 1 fully saturated rings. The lowest BCUT2D eigenvalue weighted by Gasteiger charge is -2.18. The Morgan fingerprint density at radius 1 is 1.23 bits per heavy atom. The number of carbonyl (C=O) groups excluding carboxylic acids is 1. The molecule has 0 radical (unpaired) electrons. The highest BCUT2D eigenvalue weighted by molar-refractivity contribution is 7.99. The Labute approximate surface area is 179 Å². The van der Waals surface area contributed by atoms with Gasteiger partial charge in [-0.25, -0.2) is 14.2 Å². The predicted molar refractivity (Wildman–Crippen MR) is 118 cm³/mol. The van der Waals surface area contributed by atoms with Crippen molar-refractivity contribution >= 4 is 34.6 Å². The van der Waals surface area contributed by atoms with Gasteiger partial charge in [-0.15, -0.1) is 0 Å². The van der Waals surface area contributed by atoms with Gasteiger partial charge in [0.15, 0.2) is 0 Å². The first-order valence-corrected chi connectivity index (χ1v) is 11.3.